The van der Waals surface area contributed by atoms with E-state index in [1.54, 1.807) is 7.05 Å². The number of benzene rings is 2. The monoisotopic (exact) mass is 317 g/mol. The molecule has 22 heavy (non-hydrogen) atoms. The molecule has 0 fully saturated rings. The van der Waals surface area contributed by atoms with Crippen molar-refractivity contribution in [1.29, 1.82) is 0 Å². The molecule has 3 nitrogen and oxygen atoms in total. The van der Waals surface area contributed by atoms with Gasteiger partial charge in [-0.25, -0.2) is 8.42 Å². The Morgan fingerprint density at radius 2 is 1.45 bits per heavy atom. The maximum atomic E-state index is 13.0. The predicted molar refractivity (Wildman–Crippen MR) is 90.5 cm³/mol. The number of sulfonamides is 1. The number of rotatable bonds is 4. The molecule has 118 valence electrons. The van der Waals surface area contributed by atoms with E-state index in [0.717, 1.165) is 22.3 Å². The molecule has 0 aliphatic rings. The third-order valence-corrected chi connectivity index (χ3v) is 6.30. The summed E-state index contributed by atoms with van der Waals surface area (Å²) < 4.78 is 27.5. The van der Waals surface area contributed by atoms with Gasteiger partial charge in [-0.2, -0.15) is 4.31 Å². The van der Waals surface area contributed by atoms with Crippen LogP contribution in [0.15, 0.2) is 47.4 Å². The van der Waals surface area contributed by atoms with Crippen LogP contribution in [0.5, 0.6) is 0 Å². The van der Waals surface area contributed by atoms with Crippen molar-refractivity contribution in [3.63, 3.8) is 0 Å². The highest BCUT2D eigenvalue weighted by molar-refractivity contribution is 7.89. The van der Waals surface area contributed by atoms with E-state index in [1.807, 2.05) is 70.2 Å². The van der Waals surface area contributed by atoms with Crippen molar-refractivity contribution < 1.29 is 8.42 Å². The summed E-state index contributed by atoms with van der Waals surface area (Å²) in [4.78, 5) is 0.420. The lowest BCUT2D eigenvalue weighted by molar-refractivity contribution is 0.398. The van der Waals surface area contributed by atoms with Gasteiger partial charge in [0.25, 0.3) is 0 Å². The van der Waals surface area contributed by atoms with E-state index < -0.39 is 10.0 Å². The van der Waals surface area contributed by atoms with Gasteiger partial charge in [-0.05, 0) is 44.4 Å². The number of hydrogen-bond acceptors (Lipinski definition) is 2. The molecule has 2 rings (SSSR count). The van der Waals surface area contributed by atoms with Gasteiger partial charge >= 0.3 is 0 Å². The number of hydrogen-bond donors (Lipinski definition) is 0. The Bertz CT molecular complexity index is 744. The second kappa shape index (κ2) is 6.23. The quantitative estimate of drug-likeness (QED) is 0.855. The lowest BCUT2D eigenvalue weighted by Crippen LogP contribution is -2.30. The smallest absolute Gasteiger partial charge is 0.207 e. The van der Waals surface area contributed by atoms with Crippen LogP contribution in [0.3, 0.4) is 0 Å². The topological polar surface area (TPSA) is 37.4 Å². The van der Waals surface area contributed by atoms with E-state index in [4.69, 9.17) is 0 Å². The summed E-state index contributed by atoms with van der Waals surface area (Å²) in [6.45, 7) is 7.60. The van der Waals surface area contributed by atoms with E-state index in [-0.39, 0.29) is 6.04 Å². The Labute approximate surface area is 133 Å². The summed E-state index contributed by atoms with van der Waals surface area (Å²) in [5.74, 6) is 0. The van der Waals surface area contributed by atoms with Gasteiger partial charge in [-0.3, -0.25) is 0 Å². The minimum atomic E-state index is -3.53. The third kappa shape index (κ3) is 3.08. The fourth-order valence-electron chi connectivity index (χ4n) is 2.87. The number of aryl methyl sites for hydroxylation is 3. The first-order valence-electron chi connectivity index (χ1n) is 7.36. The highest BCUT2D eigenvalue weighted by atomic mass is 32.2. The van der Waals surface area contributed by atoms with Gasteiger partial charge in [0.15, 0.2) is 0 Å². The third-order valence-electron chi connectivity index (χ3n) is 4.07. The van der Waals surface area contributed by atoms with Crippen molar-refractivity contribution >= 4 is 10.0 Å². The Morgan fingerprint density at radius 3 is 1.95 bits per heavy atom. The molecule has 0 amide bonds. The molecule has 0 aliphatic heterocycles. The minimum Gasteiger partial charge on any atom is -0.207 e. The zero-order valence-corrected chi connectivity index (χ0v) is 14.6. The molecule has 0 radical (unpaired) electrons. The molecule has 1 unspecified atom stereocenters. The first-order chi connectivity index (χ1) is 10.2. The Balaban J connectivity index is 2.47. The Hall–Kier alpha value is -1.65. The van der Waals surface area contributed by atoms with Gasteiger partial charge in [0.1, 0.15) is 0 Å². The van der Waals surface area contributed by atoms with Crippen LogP contribution in [-0.4, -0.2) is 19.8 Å². The molecular formula is C18H23NO2S. The molecule has 4 heteroatoms. The van der Waals surface area contributed by atoms with Crippen LogP contribution in [0.25, 0.3) is 0 Å². The normalized spacial score (nSPS) is 13.4. The molecule has 0 saturated carbocycles. The van der Waals surface area contributed by atoms with Crippen LogP contribution in [-0.2, 0) is 10.0 Å². The summed E-state index contributed by atoms with van der Waals surface area (Å²) in [5.41, 5.74) is 3.65. The molecule has 0 saturated heterocycles. The Morgan fingerprint density at radius 1 is 0.955 bits per heavy atom. The lowest BCUT2D eigenvalue weighted by Gasteiger charge is -2.26. The lowest BCUT2D eigenvalue weighted by atomic mass is 10.1. The van der Waals surface area contributed by atoms with Crippen LogP contribution in [0.1, 0.15) is 35.2 Å². The van der Waals surface area contributed by atoms with Gasteiger partial charge in [-0.15, -0.1) is 0 Å². The van der Waals surface area contributed by atoms with Crippen LogP contribution in [0, 0.1) is 20.8 Å². The maximum Gasteiger partial charge on any atom is 0.243 e. The van der Waals surface area contributed by atoms with Crippen molar-refractivity contribution in [1.82, 2.24) is 4.31 Å². The molecule has 0 N–H and O–H groups in total. The molecule has 0 spiro atoms. The van der Waals surface area contributed by atoms with E-state index in [1.165, 1.54) is 4.31 Å². The highest BCUT2D eigenvalue weighted by Gasteiger charge is 2.29. The predicted octanol–water partition coefficient (Wildman–Crippen LogP) is 3.99. The van der Waals surface area contributed by atoms with Crippen molar-refractivity contribution in [3.8, 4) is 0 Å². The van der Waals surface area contributed by atoms with Crippen molar-refractivity contribution in [2.45, 2.75) is 38.6 Å². The standard InChI is InChI=1S/C18H23NO2S/c1-13-11-14(2)18(15(3)12-13)22(20,21)19(5)16(4)17-9-7-6-8-10-17/h6-12,16H,1-5H3. The fourth-order valence-corrected chi connectivity index (χ4v) is 4.62. The second-order valence-corrected chi connectivity index (χ2v) is 7.77. The average Bonchev–Trinajstić information content (AvgIpc) is 2.45. The molecular weight excluding hydrogens is 294 g/mol. The largest absolute Gasteiger partial charge is 0.243 e. The second-order valence-electron chi connectivity index (χ2n) is 5.84. The van der Waals surface area contributed by atoms with Gasteiger partial charge < -0.3 is 0 Å². The minimum absolute atomic E-state index is 0.216. The van der Waals surface area contributed by atoms with E-state index in [0.29, 0.717) is 4.90 Å². The first kappa shape index (κ1) is 16.7. The molecule has 2 aromatic rings. The van der Waals surface area contributed by atoms with Crippen molar-refractivity contribution in [2.75, 3.05) is 7.05 Å². The van der Waals surface area contributed by atoms with Gasteiger partial charge in [0, 0.05) is 13.1 Å². The molecule has 2 aromatic carbocycles. The number of nitrogens with zero attached hydrogens (tertiary/aromatic N) is 1. The van der Waals surface area contributed by atoms with E-state index in [9.17, 15) is 8.42 Å². The molecule has 1 atom stereocenters. The van der Waals surface area contributed by atoms with Gasteiger partial charge in [0.2, 0.25) is 10.0 Å². The fraction of sp³-hybridized carbons (Fsp3) is 0.333. The zero-order valence-electron chi connectivity index (χ0n) is 13.8. The summed E-state index contributed by atoms with van der Waals surface area (Å²) in [6.07, 6.45) is 0. The van der Waals surface area contributed by atoms with E-state index in [2.05, 4.69) is 0 Å². The molecule has 0 heterocycles. The SMILES string of the molecule is Cc1cc(C)c(S(=O)(=O)N(C)C(C)c2ccccc2)c(C)c1. The van der Waals surface area contributed by atoms with Gasteiger partial charge in [0.05, 0.1) is 4.90 Å². The molecule has 0 bridgehead atoms. The molecule has 0 aromatic heterocycles. The van der Waals surface area contributed by atoms with E-state index >= 15 is 0 Å². The summed E-state index contributed by atoms with van der Waals surface area (Å²) >= 11 is 0. The summed E-state index contributed by atoms with van der Waals surface area (Å²) in [6, 6.07) is 13.3. The van der Waals surface area contributed by atoms with Crippen LogP contribution >= 0.6 is 0 Å². The first-order valence-corrected chi connectivity index (χ1v) is 8.80. The maximum absolute atomic E-state index is 13.0. The van der Waals surface area contributed by atoms with Crippen molar-refractivity contribution in [2.24, 2.45) is 0 Å². The Kier molecular flexibility index (Phi) is 4.73. The van der Waals surface area contributed by atoms with Crippen LogP contribution in [0.4, 0.5) is 0 Å². The summed E-state index contributed by atoms with van der Waals surface area (Å²) in [5, 5.41) is 0. The van der Waals surface area contributed by atoms with Crippen molar-refractivity contribution in [3.05, 3.63) is 64.7 Å². The van der Waals surface area contributed by atoms with Crippen LogP contribution < -0.4 is 0 Å². The summed E-state index contributed by atoms with van der Waals surface area (Å²) in [7, 11) is -1.89. The highest BCUT2D eigenvalue weighted by Crippen LogP contribution is 2.29. The molecule has 0 aliphatic carbocycles. The zero-order chi connectivity index (χ0) is 16.5. The van der Waals surface area contributed by atoms with Crippen LogP contribution in [0.2, 0.25) is 0 Å². The van der Waals surface area contributed by atoms with Gasteiger partial charge in [-0.1, -0.05) is 48.0 Å². The average molecular weight is 317 g/mol.